The quantitative estimate of drug-likeness (QED) is 0.359. The fourth-order valence-corrected chi connectivity index (χ4v) is 4.89. The van der Waals surface area contributed by atoms with Crippen LogP contribution in [0.1, 0.15) is 12.0 Å². The summed E-state index contributed by atoms with van der Waals surface area (Å²) in [4.78, 5) is 12.5. The van der Waals surface area contributed by atoms with Gasteiger partial charge in [-0.25, -0.2) is 12.8 Å². The van der Waals surface area contributed by atoms with Crippen LogP contribution in [-0.4, -0.2) is 39.4 Å². The van der Waals surface area contributed by atoms with Crippen molar-refractivity contribution < 1.29 is 22.3 Å². The summed E-state index contributed by atoms with van der Waals surface area (Å²) in [5.41, 5.74) is 1.33. The molecule has 6 nitrogen and oxygen atoms in total. The first-order chi connectivity index (χ1) is 16.3. The van der Waals surface area contributed by atoms with E-state index < -0.39 is 15.9 Å². The Morgan fingerprint density at radius 2 is 1.68 bits per heavy atom. The monoisotopic (exact) mass is 502 g/mol. The lowest BCUT2D eigenvalue weighted by Crippen LogP contribution is -2.40. The van der Waals surface area contributed by atoms with Crippen LogP contribution in [0.2, 0.25) is 0 Å². The van der Waals surface area contributed by atoms with Gasteiger partial charge < -0.3 is 10.1 Å². The Morgan fingerprint density at radius 3 is 2.38 bits per heavy atom. The van der Waals surface area contributed by atoms with Crippen molar-refractivity contribution in [1.82, 2.24) is 5.32 Å². The first kappa shape index (κ1) is 25.6. The number of anilines is 1. The van der Waals surface area contributed by atoms with Crippen molar-refractivity contribution in [2.45, 2.75) is 12.2 Å². The molecule has 1 amide bonds. The number of amides is 1. The summed E-state index contributed by atoms with van der Waals surface area (Å²) in [6.07, 6.45) is 1.79. The Morgan fingerprint density at radius 1 is 1.00 bits per heavy atom. The fraction of sp³-hybridized carbons (Fsp3) is 0.240. The van der Waals surface area contributed by atoms with Crippen molar-refractivity contribution in [3.63, 3.8) is 0 Å². The van der Waals surface area contributed by atoms with Crippen LogP contribution in [-0.2, 0) is 20.6 Å². The fourth-order valence-electron chi connectivity index (χ4n) is 3.11. The van der Waals surface area contributed by atoms with Crippen molar-refractivity contribution in [3.8, 4) is 11.5 Å². The van der Waals surface area contributed by atoms with E-state index in [2.05, 4.69) is 5.32 Å². The molecule has 9 heteroatoms. The van der Waals surface area contributed by atoms with Gasteiger partial charge in [0.05, 0.1) is 11.9 Å². The van der Waals surface area contributed by atoms with E-state index >= 15 is 0 Å². The van der Waals surface area contributed by atoms with Crippen molar-refractivity contribution in [2.75, 3.05) is 29.4 Å². The third kappa shape index (κ3) is 8.07. The molecular formula is C25H27FN2O4S2. The smallest absolute Gasteiger partial charge is 0.240 e. The van der Waals surface area contributed by atoms with Crippen LogP contribution in [0.5, 0.6) is 11.5 Å². The summed E-state index contributed by atoms with van der Waals surface area (Å²) in [6, 6.07) is 22.1. The molecule has 1 N–H and O–H groups in total. The second-order valence-corrected chi connectivity index (χ2v) is 10.5. The number of rotatable bonds is 12. The van der Waals surface area contributed by atoms with Crippen LogP contribution < -0.4 is 14.4 Å². The van der Waals surface area contributed by atoms with Gasteiger partial charge >= 0.3 is 0 Å². The average Bonchev–Trinajstić information content (AvgIpc) is 2.81. The highest BCUT2D eigenvalue weighted by Gasteiger charge is 2.24. The molecule has 0 atom stereocenters. The molecule has 0 bridgehead atoms. The van der Waals surface area contributed by atoms with Gasteiger partial charge in [0.25, 0.3) is 0 Å². The number of halogens is 1. The number of carbonyl (C=O) groups excluding carboxylic acids is 1. The first-order valence-electron chi connectivity index (χ1n) is 10.7. The molecule has 0 aliphatic rings. The predicted octanol–water partition coefficient (Wildman–Crippen LogP) is 4.82. The Balaban J connectivity index is 1.53. The standard InChI is InChI=1S/C25H27FN2O4S2/c1-34(30,31)28(23-10-5-6-11-24(23)32-22-8-3-2-4-9-22)18-25(29)27-16-7-17-33-19-20-12-14-21(26)15-13-20/h2-6,8-15H,7,16-19H2,1H3,(H,27,29). The number of hydrogen-bond acceptors (Lipinski definition) is 5. The molecule has 0 radical (unpaired) electrons. The lowest BCUT2D eigenvalue weighted by atomic mass is 10.2. The number of para-hydroxylation sites is 3. The van der Waals surface area contributed by atoms with Crippen molar-refractivity contribution in [2.24, 2.45) is 0 Å². The topological polar surface area (TPSA) is 75.7 Å². The van der Waals surface area contributed by atoms with Crippen LogP contribution in [0.25, 0.3) is 0 Å². The molecule has 34 heavy (non-hydrogen) atoms. The summed E-state index contributed by atoms with van der Waals surface area (Å²) in [6.45, 7) is 0.0751. The van der Waals surface area contributed by atoms with Gasteiger partial charge in [0.1, 0.15) is 18.1 Å². The minimum Gasteiger partial charge on any atom is -0.455 e. The van der Waals surface area contributed by atoms with Crippen LogP contribution in [0, 0.1) is 5.82 Å². The number of ether oxygens (including phenoxy) is 1. The number of hydrogen-bond donors (Lipinski definition) is 1. The summed E-state index contributed by atoms with van der Waals surface area (Å²) < 4.78 is 44.9. The molecule has 0 aromatic heterocycles. The number of benzene rings is 3. The normalized spacial score (nSPS) is 11.1. The van der Waals surface area contributed by atoms with E-state index in [9.17, 15) is 17.6 Å². The van der Waals surface area contributed by atoms with Crippen molar-refractivity contribution >= 4 is 33.4 Å². The average molecular weight is 503 g/mol. The summed E-state index contributed by atoms with van der Waals surface area (Å²) in [5.74, 6) is 1.81. The molecule has 3 aromatic carbocycles. The highest BCUT2D eigenvalue weighted by Crippen LogP contribution is 2.33. The molecule has 3 aromatic rings. The first-order valence-corrected chi connectivity index (χ1v) is 13.7. The molecule has 0 fully saturated rings. The molecule has 180 valence electrons. The molecule has 0 saturated carbocycles. The minimum atomic E-state index is -3.74. The number of nitrogens with zero attached hydrogens (tertiary/aromatic N) is 1. The zero-order chi connectivity index (χ0) is 24.4. The van der Waals surface area contributed by atoms with E-state index in [0.29, 0.717) is 23.7 Å². The Bertz CT molecular complexity index is 1170. The zero-order valence-electron chi connectivity index (χ0n) is 18.8. The summed E-state index contributed by atoms with van der Waals surface area (Å²) in [7, 11) is -3.74. The third-order valence-corrected chi connectivity index (χ3v) is 7.00. The van der Waals surface area contributed by atoms with E-state index in [1.165, 1.54) is 12.1 Å². The van der Waals surface area contributed by atoms with Gasteiger partial charge in [-0.15, -0.1) is 0 Å². The Kier molecular flexibility index (Phi) is 9.35. The number of thioether (sulfide) groups is 1. The van der Waals surface area contributed by atoms with Gasteiger partial charge in [-0.3, -0.25) is 9.10 Å². The van der Waals surface area contributed by atoms with Crippen LogP contribution in [0.15, 0.2) is 78.9 Å². The number of carbonyl (C=O) groups is 1. The van der Waals surface area contributed by atoms with Crippen molar-refractivity contribution in [1.29, 1.82) is 0 Å². The Labute approximate surface area is 204 Å². The molecule has 0 spiro atoms. The molecule has 0 heterocycles. The molecule has 0 aliphatic heterocycles. The van der Waals surface area contributed by atoms with Gasteiger partial charge in [-0.2, -0.15) is 11.8 Å². The molecule has 3 rings (SSSR count). The SMILES string of the molecule is CS(=O)(=O)N(CC(=O)NCCCSCc1ccc(F)cc1)c1ccccc1Oc1ccccc1. The Hall–Kier alpha value is -3.04. The highest BCUT2D eigenvalue weighted by molar-refractivity contribution is 7.98. The van der Waals surface area contributed by atoms with E-state index in [1.807, 2.05) is 18.2 Å². The lowest BCUT2D eigenvalue weighted by Gasteiger charge is -2.24. The van der Waals surface area contributed by atoms with E-state index in [-0.39, 0.29) is 12.4 Å². The zero-order valence-corrected chi connectivity index (χ0v) is 20.4. The van der Waals surface area contributed by atoms with Gasteiger partial charge in [0, 0.05) is 12.3 Å². The van der Waals surface area contributed by atoms with Gasteiger partial charge in [0.15, 0.2) is 5.75 Å². The summed E-state index contributed by atoms with van der Waals surface area (Å²) in [5, 5.41) is 2.78. The van der Waals surface area contributed by atoms with E-state index in [0.717, 1.165) is 34.1 Å². The maximum atomic E-state index is 12.9. The maximum Gasteiger partial charge on any atom is 0.240 e. The van der Waals surface area contributed by atoms with Crippen LogP contribution in [0.4, 0.5) is 10.1 Å². The van der Waals surface area contributed by atoms with Crippen LogP contribution in [0.3, 0.4) is 0 Å². The predicted molar refractivity (Wildman–Crippen MR) is 135 cm³/mol. The van der Waals surface area contributed by atoms with E-state index in [1.54, 1.807) is 60.3 Å². The summed E-state index contributed by atoms with van der Waals surface area (Å²) >= 11 is 1.69. The minimum absolute atomic E-state index is 0.256. The second-order valence-electron chi connectivity index (χ2n) is 7.54. The van der Waals surface area contributed by atoms with Gasteiger partial charge in [-0.1, -0.05) is 42.5 Å². The van der Waals surface area contributed by atoms with Gasteiger partial charge in [-0.05, 0) is 54.1 Å². The van der Waals surface area contributed by atoms with Gasteiger partial charge in [0.2, 0.25) is 15.9 Å². The highest BCUT2D eigenvalue weighted by atomic mass is 32.2. The van der Waals surface area contributed by atoms with E-state index in [4.69, 9.17) is 4.74 Å². The van der Waals surface area contributed by atoms with Crippen molar-refractivity contribution in [3.05, 3.63) is 90.2 Å². The number of sulfonamides is 1. The third-order valence-electron chi connectivity index (χ3n) is 4.76. The molecule has 0 unspecified atom stereocenters. The lowest BCUT2D eigenvalue weighted by molar-refractivity contribution is -0.119. The maximum absolute atomic E-state index is 12.9. The second kappa shape index (κ2) is 12.4. The van der Waals surface area contributed by atoms with Crippen LogP contribution >= 0.6 is 11.8 Å². The molecule has 0 saturated heterocycles. The largest absolute Gasteiger partial charge is 0.455 e. The number of nitrogens with one attached hydrogen (secondary N) is 1. The molecular weight excluding hydrogens is 475 g/mol. The molecule has 0 aliphatic carbocycles.